The van der Waals surface area contributed by atoms with Crippen LogP contribution in [0.25, 0.3) is 0 Å². The van der Waals surface area contributed by atoms with Gasteiger partial charge >= 0.3 is 0 Å². The van der Waals surface area contributed by atoms with Gasteiger partial charge < -0.3 is 4.74 Å². The molecule has 2 atom stereocenters. The highest BCUT2D eigenvalue weighted by Gasteiger charge is 2.53. The second kappa shape index (κ2) is 10.6. The van der Waals surface area contributed by atoms with Crippen molar-refractivity contribution >= 4 is 5.78 Å². The molecule has 0 radical (unpaired) electrons. The molecule has 1 fully saturated rings. The highest BCUT2D eigenvalue weighted by Crippen LogP contribution is 2.50. The van der Waals surface area contributed by atoms with Gasteiger partial charge in [-0.1, -0.05) is 79.1 Å². The van der Waals surface area contributed by atoms with Crippen LogP contribution in [0, 0.1) is 11.3 Å². The van der Waals surface area contributed by atoms with Crippen molar-refractivity contribution in [1.29, 1.82) is 0 Å². The van der Waals surface area contributed by atoms with Crippen molar-refractivity contribution in [2.45, 2.75) is 117 Å². The number of carbonyl (C=O) groups is 1. The molecule has 142 valence electrons. The number of methoxy groups -OCH3 is 1. The Morgan fingerprint density at radius 3 is 2.33 bits per heavy atom. The molecule has 0 aromatic rings. The largest absolute Gasteiger partial charge is 0.370 e. The van der Waals surface area contributed by atoms with E-state index in [9.17, 15) is 4.79 Å². The van der Waals surface area contributed by atoms with Crippen molar-refractivity contribution in [2.24, 2.45) is 11.3 Å². The molecular weight excluding hydrogens is 296 g/mol. The molecule has 1 rings (SSSR count). The maximum Gasteiger partial charge on any atom is 0.165 e. The number of hydrogen-bond donors (Lipinski definition) is 0. The molecule has 0 aromatic heterocycles. The van der Waals surface area contributed by atoms with Crippen LogP contribution >= 0.6 is 0 Å². The van der Waals surface area contributed by atoms with E-state index in [1.54, 1.807) is 7.11 Å². The van der Waals surface area contributed by atoms with Crippen LogP contribution < -0.4 is 0 Å². The lowest BCUT2D eigenvalue weighted by Crippen LogP contribution is -2.56. The van der Waals surface area contributed by atoms with E-state index in [2.05, 4.69) is 27.7 Å². The molecule has 0 heterocycles. The molecule has 0 N–H and O–H groups in total. The van der Waals surface area contributed by atoms with Crippen LogP contribution in [0.5, 0.6) is 0 Å². The van der Waals surface area contributed by atoms with Gasteiger partial charge in [0, 0.05) is 18.9 Å². The summed E-state index contributed by atoms with van der Waals surface area (Å²) in [5.41, 5.74) is -0.483. The van der Waals surface area contributed by atoms with Crippen molar-refractivity contribution in [3.05, 3.63) is 0 Å². The lowest BCUT2D eigenvalue weighted by atomic mass is 9.59. The van der Waals surface area contributed by atoms with Crippen molar-refractivity contribution in [2.75, 3.05) is 7.11 Å². The van der Waals surface area contributed by atoms with Crippen molar-refractivity contribution in [1.82, 2.24) is 0 Å². The molecule has 0 bridgehead atoms. The zero-order chi connectivity index (χ0) is 18.1. The number of rotatable bonds is 12. The molecule has 0 aromatic carbocycles. The Balaban J connectivity index is 2.58. The quantitative estimate of drug-likeness (QED) is 0.370. The lowest BCUT2D eigenvalue weighted by Gasteiger charge is -2.50. The first-order chi connectivity index (χ1) is 11.4. The second-order valence-electron chi connectivity index (χ2n) is 8.67. The van der Waals surface area contributed by atoms with Gasteiger partial charge in [0.05, 0.1) is 0 Å². The van der Waals surface area contributed by atoms with Gasteiger partial charge in [0.1, 0.15) is 5.60 Å². The smallest absolute Gasteiger partial charge is 0.165 e. The average molecular weight is 339 g/mol. The van der Waals surface area contributed by atoms with Crippen LogP contribution in [0.15, 0.2) is 0 Å². The molecule has 1 saturated carbocycles. The van der Waals surface area contributed by atoms with Gasteiger partial charge in [-0.05, 0) is 31.6 Å². The number of carbonyl (C=O) groups excluding carboxylic acids is 1. The van der Waals surface area contributed by atoms with Crippen molar-refractivity contribution in [3.8, 4) is 0 Å². The van der Waals surface area contributed by atoms with E-state index in [-0.39, 0.29) is 5.41 Å². The molecule has 0 saturated heterocycles. The zero-order valence-corrected chi connectivity index (χ0v) is 17.1. The molecule has 2 heteroatoms. The Kier molecular flexibility index (Phi) is 9.56. The van der Waals surface area contributed by atoms with E-state index in [1.165, 1.54) is 44.9 Å². The first-order valence-corrected chi connectivity index (χ1v) is 10.5. The zero-order valence-electron chi connectivity index (χ0n) is 17.1. The summed E-state index contributed by atoms with van der Waals surface area (Å²) in [6, 6.07) is 0. The normalized spacial score (nSPS) is 27.6. The van der Waals surface area contributed by atoms with E-state index in [1.807, 2.05) is 0 Å². The first-order valence-electron chi connectivity index (χ1n) is 10.5. The molecule has 2 nitrogen and oxygen atoms in total. The summed E-state index contributed by atoms with van der Waals surface area (Å²) >= 11 is 0. The van der Waals surface area contributed by atoms with E-state index in [0.29, 0.717) is 12.2 Å². The summed E-state index contributed by atoms with van der Waals surface area (Å²) in [4.78, 5) is 13.1. The number of unbranched alkanes of at least 4 members (excludes halogenated alkanes) is 4. The Morgan fingerprint density at radius 1 is 1.04 bits per heavy atom. The van der Waals surface area contributed by atoms with Gasteiger partial charge in [-0.15, -0.1) is 0 Å². The van der Waals surface area contributed by atoms with Crippen LogP contribution in [-0.2, 0) is 9.53 Å². The minimum absolute atomic E-state index is 0.0325. The van der Waals surface area contributed by atoms with Crippen LogP contribution in [0.4, 0.5) is 0 Å². The molecule has 0 spiro atoms. The fourth-order valence-corrected chi connectivity index (χ4v) is 4.62. The first kappa shape index (κ1) is 21.7. The number of hydrogen-bond acceptors (Lipinski definition) is 2. The Morgan fingerprint density at radius 2 is 1.71 bits per heavy atom. The van der Waals surface area contributed by atoms with Gasteiger partial charge in [0.15, 0.2) is 5.78 Å². The molecule has 2 unspecified atom stereocenters. The van der Waals surface area contributed by atoms with Gasteiger partial charge in [-0.25, -0.2) is 0 Å². The van der Waals surface area contributed by atoms with E-state index in [4.69, 9.17) is 4.74 Å². The predicted octanol–water partition coefficient (Wildman–Crippen LogP) is 6.71. The maximum atomic E-state index is 13.1. The summed E-state index contributed by atoms with van der Waals surface area (Å²) in [6.07, 6.45) is 14.8. The molecule has 0 amide bonds. The van der Waals surface area contributed by atoms with E-state index >= 15 is 0 Å². The van der Waals surface area contributed by atoms with Crippen LogP contribution in [0.2, 0.25) is 0 Å². The summed E-state index contributed by atoms with van der Waals surface area (Å²) in [5, 5.41) is 0. The van der Waals surface area contributed by atoms with Gasteiger partial charge in [0.2, 0.25) is 0 Å². The SMILES string of the molecule is CCCCC1(C)CCCCC1(OC)C(=O)CCCCCCC(C)C. The number of ether oxygens (including phenoxy) is 1. The fraction of sp³-hybridized carbons (Fsp3) is 0.955. The molecular formula is C22H42O2. The Bertz CT molecular complexity index is 363. The highest BCUT2D eigenvalue weighted by molar-refractivity contribution is 5.88. The Labute approximate surface area is 151 Å². The summed E-state index contributed by atoms with van der Waals surface area (Å²) < 4.78 is 6.01. The van der Waals surface area contributed by atoms with Crippen molar-refractivity contribution in [3.63, 3.8) is 0 Å². The van der Waals surface area contributed by atoms with Gasteiger partial charge in [-0.2, -0.15) is 0 Å². The van der Waals surface area contributed by atoms with E-state index in [0.717, 1.165) is 38.0 Å². The second-order valence-corrected chi connectivity index (χ2v) is 8.67. The molecule has 0 aliphatic heterocycles. The molecule has 1 aliphatic carbocycles. The number of ketones is 1. The van der Waals surface area contributed by atoms with Gasteiger partial charge in [0.25, 0.3) is 0 Å². The number of Topliss-reactive ketones (excluding diaryl/α,β-unsaturated/α-hetero) is 1. The van der Waals surface area contributed by atoms with Crippen molar-refractivity contribution < 1.29 is 9.53 Å². The average Bonchev–Trinajstić information content (AvgIpc) is 2.56. The minimum atomic E-state index is -0.516. The molecule has 1 aliphatic rings. The Hall–Kier alpha value is -0.370. The monoisotopic (exact) mass is 338 g/mol. The summed E-state index contributed by atoms with van der Waals surface area (Å²) in [7, 11) is 1.77. The van der Waals surface area contributed by atoms with Crippen LogP contribution in [0.1, 0.15) is 111 Å². The third-order valence-electron chi connectivity index (χ3n) is 6.30. The summed E-state index contributed by atoms with van der Waals surface area (Å²) in [5.74, 6) is 1.18. The van der Waals surface area contributed by atoms with Crippen LogP contribution in [0.3, 0.4) is 0 Å². The third-order valence-corrected chi connectivity index (χ3v) is 6.30. The summed E-state index contributed by atoms with van der Waals surface area (Å²) in [6.45, 7) is 9.11. The topological polar surface area (TPSA) is 26.3 Å². The molecule has 24 heavy (non-hydrogen) atoms. The standard InChI is InChI=1S/C22H42O2/c1-6-7-16-21(4)17-12-13-18-22(21,24-5)20(23)15-11-9-8-10-14-19(2)3/h19H,6-18H2,1-5H3. The maximum absolute atomic E-state index is 13.1. The lowest BCUT2D eigenvalue weighted by molar-refractivity contribution is -0.170. The minimum Gasteiger partial charge on any atom is -0.370 e. The predicted molar refractivity (Wildman–Crippen MR) is 103 cm³/mol. The highest BCUT2D eigenvalue weighted by atomic mass is 16.5. The third kappa shape index (κ3) is 5.58. The van der Waals surface area contributed by atoms with Crippen LogP contribution in [-0.4, -0.2) is 18.5 Å². The van der Waals surface area contributed by atoms with E-state index < -0.39 is 5.60 Å². The fourth-order valence-electron chi connectivity index (χ4n) is 4.62. The van der Waals surface area contributed by atoms with Gasteiger partial charge in [-0.3, -0.25) is 4.79 Å².